The highest BCUT2D eigenvalue weighted by atomic mass is 32.1. The number of benzene rings is 1. The Kier molecular flexibility index (Phi) is 7.54. The number of thiazole rings is 1. The fraction of sp³-hybridized carbons (Fsp3) is 0.462. The molecule has 1 saturated carbocycles. The summed E-state index contributed by atoms with van der Waals surface area (Å²) in [6, 6.07) is 3.69. The molecule has 1 aromatic heterocycles. The average Bonchev–Trinajstić information content (AvgIpc) is 3.64. The van der Waals surface area contributed by atoms with E-state index in [0.717, 1.165) is 28.8 Å². The molecule has 9 heteroatoms. The second-order valence-electron chi connectivity index (χ2n) is 9.24. The first-order chi connectivity index (χ1) is 16.8. The molecular weight excluding hydrogens is 464 g/mol. The van der Waals surface area contributed by atoms with Gasteiger partial charge in [0.25, 0.3) is 5.91 Å². The number of rotatable bonds is 7. The van der Waals surface area contributed by atoms with Gasteiger partial charge in [-0.2, -0.15) is 0 Å². The molecule has 0 bridgehead atoms. The third-order valence-corrected chi connectivity index (χ3v) is 7.49. The van der Waals surface area contributed by atoms with E-state index in [0.29, 0.717) is 48.9 Å². The van der Waals surface area contributed by atoms with Crippen molar-refractivity contribution in [3.8, 4) is 5.75 Å². The van der Waals surface area contributed by atoms with Crippen molar-refractivity contribution in [2.45, 2.75) is 45.6 Å². The molecule has 2 heterocycles. The molecule has 186 valence electrons. The maximum absolute atomic E-state index is 13.6. The second-order valence-corrected chi connectivity index (χ2v) is 10.4. The molecule has 0 radical (unpaired) electrons. The Morgan fingerprint density at radius 2 is 2.06 bits per heavy atom. The molecule has 2 fully saturated rings. The molecule has 1 aromatic carbocycles. The molecule has 1 N–H and O–H groups in total. The van der Waals surface area contributed by atoms with E-state index in [1.165, 1.54) is 17.4 Å². The minimum atomic E-state index is -0.112. The van der Waals surface area contributed by atoms with E-state index in [-0.39, 0.29) is 29.7 Å². The van der Waals surface area contributed by atoms with Crippen LogP contribution in [-0.2, 0) is 16.0 Å². The maximum atomic E-state index is 13.6. The minimum Gasteiger partial charge on any atom is -0.496 e. The number of carbonyl (C=O) groups excluding carboxylic acids is 3. The van der Waals surface area contributed by atoms with E-state index in [2.05, 4.69) is 16.9 Å². The van der Waals surface area contributed by atoms with Crippen molar-refractivity contribution in [1.82, 2.24) is 14.8 Å². The van der Waals surface area contributed by atoms with Crippen molar-refractivity contribution in [2.24, 2.45) is 5.92 Å². The van der Waals surface area contributed by atoms with Crippen LogP contribution in [0.25, 0.3) is 0 Å². The molecule has 1 aliphatic carbocycles. The van der Waals surface area contributed by atoms with Crippen molar-refractivity contribution in [2.75, 3.05) is 32.1 Å². The lowest BCUT2D eigenvalue weighted by molar-refractivity contribution is -0.127. The Hall–Kier alpha value is -3.20. The molecule has 0 spiro atoms. The van der Waals surface area contributed by atoms with E-state index in [9.17, 15) is 14.4 Å². The zero-order valence-electron chi connectivity index (χ0n) is 20.5. The smallest absolute Gasteiger partial charge is 0.257 e. The summed E-state index contributed by atoms with van der Waals surface area (Å²) in [6.07, 6.45) is 6.30. The number of methoxy groups -OCH3 is 1. The van der Waals surface area contributed by atoms with Gasteiger partial charge in [-0.25, -0.2) is 4.98 Å². The molecule has 2 aliphatic rings. The Labute approximate surface area is 210 Å². The van der Waals surface area contributed by atoms with E-state index in [4.69, 9.17) is 4.74 Å². The molecule has 35 heavy (non-hydrogen) atoms. The normalized spacial score (nSPS) is 18.1. The zero-order valence-corrected chi connectivity index (χ0v) is 21.3. The lowest BCUT2D eigenvalue weighted by Gasteiger charge is -2.28. The number of ether oxygens (including phenoxy) is 1. The minimum absolute atomic E-state index is 0.0412. The van der Waals surface area contributed by atoms with Crippen molar-refractivity contribution < 1.29 is 19.1 Å². The highest BCUT2D eigenvalue weighted by Gasteiger charge is 2.30. The van der Waals surface area contributed by atoms with Gasteiger partial charge >= 0.3 is 0 Å². The topological polar surface area (TPSA) is 91.8 Å². The number of aryl methyl sites for hydroxylation is 1. The lowest BCUT2D eigenvalue weighted by Crippen LogP contribution is -2.43. The van der Waals surface area contributed by atoms with Crippen LogP contribution in [0.3, 0.4) is 0 Å². The van der Waals surface area contributed by atoms with Gasteiger partial charge in [-0.3, -0.25) is 14.4 Å². The van der Waals surface area contributed by atoms with Crippen LogP contribution in [0.5, 0.6) is 5.75 Å². The van der Waals surface area contributed by atoms with Gasteiger partial charge in [0, 0.05) is 49.1 Å². The zero-order chi connectivity index (χ0) is 25.1. The molecule has 1 saturated heterocycles. The Bertz CT molecular complexity index is 1140. The largest absolute Gasteiger partial charge is 0.496 e. The maximum Gasteiger partial charge on any atom is 0.257 e. The summed E-state index contributed by atoms with van der Waals surface area (Å²) in [4.78, 5) is 46.7. The summed E-state index contributed by atoms with van der Waals surface area (Å²) < 4.78 is 5.57. The molecular formula is C26H32N4O4S. The summed E-state index contributed by atoms with van der Waals surface area (Å²) in [5.41, 5.74) is 2.53. The Balaban J connectivity index is 1.52. The SMILES string of the molecule is C=CC(=O)N1CCCN(C(=O)c2cc(Cc3cnc(NC(=O)C4CC4)s3)c(C)cc2OC)C[C@H]1C. The van der Waals surface area contributed by atoms with Crippen LogP contribution in [0.2, 0.25) is 0 Å². The molecule has 2 aromatic rings. The standard InChI is InChI=1S/C26H32N4O4S/c1-5-23(31)30-10-6-9-29(15-17(30)3)25(33)21-13-19(16(2)11-22(21)34-4)12-20-14-27-26(35-20)28-24(32)18-7-8-18/h5,11,13-14,17-18H,1,6-10,12,15H2,2-4H3,(H,27,28,32)/t17-/m1/s1. The van der Waals surface area contributed by atoms with Gasteiger partial charge in [-0.05, 0) is 62.4 Å². The van der Waals surface area contributed by atoms with Crippen LogP contribution < -0.4 is 10.1 Å². The van der Waals surface area contributed by atoms with E-state index in [1.807, 2.05) is 26.0 Å². The van der Waals surface area contributed by atoms with Gasteiger partial charge < -0.3 is 19.9 Å². The first-order valence-electron chi connectivity index (χ1n) is 12.0. The summed E-state index contributed by atoms with van der Waals surface area (Å²) in [7, 11) is 1.57. The number of amides is 3. The number of aromatic nitrogens is 1. The number of carbonyl (C=O) groups is 3. The van der Waals surface area contributed by atoms with Gasteiger partial charge in [0.15, 0.2) is 5.13 Å². The molecule has 3 amide bonds. The third-order valence-electron chi connectivity index (χ3n) is 6.57. The van der Waals surface area contributed by atoms with E-state index >= 15 is 0 Å². The van der Waals surface area contributed by atoms with Gasteiger partial charge in [0.05, 0.1) is 12.7 Å². The molecule has 1 atom stereocenters. The quantitative estimate of drug-likeness (QED) is 0.591. The Morgan fingerprint density at radius 1 is 1.29 bits per heavy atom. The van der Waals surface area contributed by atoms with E-state index < -0.39 is 0 Å². The number of nitrogens with one attached hydrogen (secondary N) is 1. The number of hydrogen-bond donors (Lipinski definition) is 1. The fourth-order valence-electron chi connectivity index (χ4n) is 4.40. The van der Waals surface area contributed by atoms with E-state index in [1.54, 1.807) is 23.1 Å². The average molecular weight is 497 g/mol. The fourth-order valence-corrected chi connectivity index (χ4v) is 5.24. The summed E-state index contributed by atoms with van der Waals surface area (Å²) >= 11 is 1.46. The van der Waals surface area contributed by atoms with Crippen LogP contribution in [0.1, 0.15) is 52.5 Å². The van der Waals surface area contributed by atoms with Gasteiger partial charge in [0.2, 0.25) is 11.8 Å². The molecule has 4 rings (SSSR count). The van der Waals surface area contributed by atoms with Crippen LogP contribution in [-0.4, -0.2) is 65.3 Å². The van der Waals surface area contributed by atoms with Crippen LogP contribution in [0, 0.1) is 12.8 Å². The van der Waals surface area contributed by atoms with Gasteiger partial charge in [0.1, 0.15) is 5.75 Å². The highest BCUT2D eigenvalue weighted by Crippen LogP contribution is 2.32. The van der Waals surface area contributed by atoms with Gasteiger partial charge in [-0.1, -0.05) is 6.58 Å². The second kappa shape index (κ2) is 10.6. The Morgan fingerprint density at radius 3 is 2.74 bits per heavy atom. The highest BCUT2D eigenvalue weighted by molar-refractivity contribution is 7.15. The van der Waals surface area contributed by atoms with Crippen LogP contribution in [0.4, 0.5) is 5.13 Å². The number of nitrogens with zero attached hydrogens (tertiary/aromatic N) is 3. The van der Waals surface area contributed by atoms with Crippen molar-refractivity contribution in [1.29, 1.82) is 0 Å². The van der Waals surface area contributed by atoms with Crippen molar-refractivity contribution >= 4 is 34.2 Å². The predicted molar refractivity (Wildman–Crippen MR) is 136 cm³/mol. The van der Waals surface area contributed by atoms with Crippen molar-refractivity contribution in [3.05, 3.63) is 52.6 Å². The van der Waals surface area contributed by atoms with Crippen LogP contribution in [0.15, 0.2) is 31.0 Å². The molecule has 1 aliphatic heterocycles. The summed E-state index contributed by atoms with van der Waals surface area (Å²) in [6.45, 7) is 9.15. The first kappa shape index (κ1) is 24.9. The number of hydrogen-bond acceptors (Lipinski definition) is 6. The van der Waals surface area contributed by atoms with Crippen molar-refractivity contribution in [3.63, 3.8) is 0 Å². The lowest BCUT2D eigenvalue weighted by atomic mass is 10.00. The molecule has 0 unspecified atom stereocenters. The third kappa shape index (κ3) is 5.73. The molecule has 8 nitrogen and oxygen atoms in total. The van der Waals surface area contributed by atoms with Gasteiger partial charge in [-0.15, -0.1) is 11.3 Å². The predicted octanol–water partition coefficient (Wildman–Crippen LogP) is 3.65. The monoisotopic (exact) mass is 496 g/mol. The number of anilines is 1. The summed E-state index contributed by atoms with van der Waals surface area (Å²) in [5.74, 6) is 0.487. The first-order valence-corrected chi connectivity index (χ1v) is 12.8. The van der Waals surface area contributed by atoms with Crippen LogP contribution >= 0.6 is 11.3 Å². The summed E-state index contributed by atoms with van der Waals surface area (Å²) in [5, 5.41) is 3.50.